The van der Waals surface area contributed by atoms with E-state index in [4.69, 9.17) is 4.74 Å². The summed E-state index contributed by atoms with van der Waals surface area (Å²) in [6.45, 7) is 4.65. The van der Waals surface area contributed by atoms with Gasteiger partial charge < -0.3 is 9.64 Å². The number of epoxide rings is 1. The minimum atomic E-state index is -0.366. The second kappa shape index (κ2) is 7.12. The highest BCUT2D eigenvalue weighted by atomic mass is 16.6. The molecule has 6 heteroatoms. The fraction of sp³-hybridized carbons (Fsp3) is 0.222. The lowest BCUT2D eigenvalue weighted by molar-refractivity contribution is 0.0637. The van der Waals surface area contributed by atoms with Gasteiger partial charge in [-0.05, 0) is 42.7 Å². The van der Waals surface area contributed by atoms with E-state index < -0.39 is 0 Å². The van der Waals surface area contributed by atoms with Crippen molar-refractivity contribution >= 4 is 17.7 Å². The molecule has 2 unspecified atom stereocenters. The van der Waals surface area contributed by atoms with Gasteiger partial charge >= 0.3 is 0 Å². The fourth-order valence-electron chi connectivity index (χ4n) is 4.68. The Bertz CT molecular complexity index is 1330. The number of imide groups is 1. The molecular formula is C27H22N2O4. The van der Waals surface area contributed by atoms with E-state index in [9.17, 15) is 14.4 Å². The number of amides is 3. The smallest absolute Gasteiger partial charge is 0.261 e. The monoisotopic (exact) mass is 438 g/mol. The summed E-state index contributed by atoms with van der Waals surface area (Å²) in [7, 11) is 0. The van der Waals surface area contributed by atoms with Crippen LogP contribution in [0.5, 0.6) is 0 Å². The summed E-state index contributed by atoms with van der Waals surface area (Å²) < 4.78 is 5.83. The molecule has 0 bridgehead atoms. The molecule has 0 saturated carbocycles. The van der Waals surface area contributed by atoms with Crippen LogP contribution in [0.4, 0.5) is 0 Å². The molecule has 3 aliphatic rings. The molecular weight excluding hydrogens is 416 g/mol. The molecule has 2 atom stereocenters. The highest BCUT2D eigenvalue weighted by Crippen LogP contribution is 2.48. The Balaban J connectivity index is 1.31. The van der Waals surface area contributed by atoms with Crippen LogP contribution in [-0.4, -0.2) is 33.7 Å². The van der Waals surface area contributed by atoms with Crippen molar-refractivity contribution < 1.29 is 19.1 Å². The lowest BCUT2D eigenvalue weighted by atomic mass is 9.93. The largest absolute Gasteiger partial charge is 0.342 e. The Kier molecular flexibility index (Phi) is 4.29. The van der Waals surface area contributed by atoms with Crippen LogP contribution in [0, 0.1) is 13.8 Å². The van der Waals surface area contributed by atoms with Gasteiger partial charge in [0, 0.05) is 12.1 Å². The van der Waals surface area contributed by atoms with Crippen molar-refractivity contribution in [2.75, 3.05) is 0 Å². The average molecular weight is 438 g/mol. The molecule has 6 nitrogen and oxygen atoms in total. The number of nitrogens with zero attached hydrogens (tertiary/aromatic N) is 2. The second-order valence-corrected chi connectivity index (χ2v) is 9.03. The van der Waals surface area contributed by atoms with Gasteiger partial charge in [-0.15, -0.1) is 0 Å². The van der Waals surface area contributed by atoms with E-state index in [-0.39, 0.29) is 42.2 Å². The number of carbonyl (C=O) groups excluding carboxylic acids is 3. The molecule has 0 aliphatic carbocycles. The molecule has 3 aliphatic heterocycles. The summed E-state index contributed by atoms with van der Waals surface area (Å²) in [4.78, 5) is 42.5. The Morgan fingerprint density at radius 1 is 0.697 bits per heavy atom. The first-order valence-electron chi connectivity index (χ1n) is 11.0. The van der Waals surface area contributed by atoms with Crippen molar-refractivity contribution in [2.24, 2.45) is 0 Å². The molecule has 0 radical (unpaired) electrons. The van der Waals surface area contributed by atoms with E-state index >= 15 is 0 Å². The summed E-state index contributed by atoms with van der Waals surface area (Å²) in [5.74, 6) is -0.871. The molecule has 164 valence electrons. The average Bonchev–Trinajstić information content (AvgIpc) is 3.58. The number of rotatable bonds is 4. The van der Waals surface area contributed by atoms with Crippen LogP contribution < -0.4 is 0 Å². The van der Waals surface area contributed by atoms with Crippen LogP contribution in [0.2, 0.25) is 0 Å². The van der Waals surface area contributed by atoms with Crippen LogP contribution in [0.1, 0.15) is 65.0 Å². The van der Waals surface area contributed by atoms with E-state index in [2.05, 4.69) is 0 Å². The fourth-order valence-corrected chi connectivity index (χ4v) is 4.68. The van der Waals surface area contributed by atoms with Gasteiger partial charge in [-0.2, -0.15) is 0 Å². The minimum Gasteiger partial charge on any atom is -0.342 e. The van der Waals surface area contributed by atoms with E-state index in [1.807, 2.05) is 62.4 Å². The lowest BCUT2D eigenvalue weighted by Crippen LogP contribution is -2.37. The van der Waals surface area contributed by atoms with Gasteiger partial charge in [0.25, 0.3) is 17.7 Å². The quantitative estimate of drug-likeness (QED) is 0.453. The molecule has 6 rings (SSSR count). The number of benzene rings is 3. The molecule has 0 N–H and O–H groups in total. The van der Waals surface area contributed by atoms with Crippen LogP contribution in [0.25, 0.3) is 0 Å². The molecule has 0 aromatic heterocycles. The lowest BCUT2D eigenvalue weighted by Gasteiger charge is -2.26. The molecule has 3 amide bonds. The van der Waals surface area contributed by atoms with Crippen LogP contribution in [-0.2, 0) is 17.8 Å². The van der Waals surface area contributed by atoms with Crippen molar-refractivity contribution in [1.82, 2.24) is 9.80 Å². The highest BCUT2D eigenvalue weighted by Gasteiger charge is 2.53. The third kappa shape index (κ3) is 3.17. The number of carbonyl (C=O) groups is 3. The zero-order valence-electron chi connectivity index (χ0n) is 18.4. The maximum absolute atomic E-state index is 13.4. The standard InChI is InChI=1S/C27H22N2O4/c1-15-3-7-17(8-4-15)13-28-24(30)21-11-19-20(12-22(21)25(28)31)26(32)29(27-23(19)33-27)14-18-9-5-16(2)6-10-18/h3-12,23,27H,13-14H2,1-2H3. The SMILES string of the molecule is Cc1ccc(CN2C(=O)c3cc4c(cc3C2=O)C2OC2N(Cc2ccc(C)cc2)C4=O)cc1. The van der Waals surface area contributed by atoms with Gasteiger partial charge in [-0.25, -0.2) is 0 Å². The Hall–Kier alpha value is -3.77. The molecule has 1 fully saturated rings. The second-order valence-electron chi connectivity index (χ2n) is 9.03. The van der Waals surface area contributed by atoms with Crippen molar-refractivity contribution in [1.29, 1.82) is 0 Å². The minimum absolute atomic E-state index is 0.177. The maximum Gasteiger partial charge on any atom is 0.261 e. The third-order valence-electron chi connectivity index (χ3n) is 6.65. The van der Waals surface area contributed by atoms with Gasteiger partial charge in [0.1, 0.15) is 6.10 Å². The summed E-state index contributed by atoms with van der Waals surface area (Å²) in [5.41, 5.74) is 5.94. The number of aryl methyl sites for hydroxylation is 2. The van der Waals surface area contributed by atoms with Gasteiger partial charge in [0.15, 0.2) is 6.23 Å². The van der Waals surface area contributed by atoms with Gasteiger partial charge in [0.05, 0.1) is 17.7 Å². The molecule has 3 heterocycles. The summed E-state index contributed by atoms with van der Waals surface area (Å²) in [6, 6.07) is 19.1. The van der Waals surface area contributed by atoms with Gasteiger partial charge in [0.2, 0.25) is 0 Å². The molecule has 0 spiro atoms. The summed E-state index contributed by atoms with van der Waals surface area (Å²) in [5, 5.41) is 0. The normalized spacial score (nSPS) is 20.6. The van der Waals surface area contributed by atoms with E-state index in [1.165, 1.54) is 4.90 Å². The van der Waals surface area contributed by atoms with E-state index in [0.717, 1.165) is 22.3 Å². The van der Waals surface area contributed by atoms with Crippen LogP contribution in [0.15, 0.2) is 60.7 Å². The maximum atomic E-state index is 13.4. The molecule has 3 aromatic rings. The number of fused-ring (bicyclic) bond motifs is 4. The van der Waals surface area contributed by atoms with Gasteiger partial charge in [-0.3, -0.25) is 19.3 Å². The molecule has 33 heavy (non-hydrogen) atoms. The predicted octanol–water partition coefficient (Wildman–Crippen LogP) is 4.15. The third-order valence-corrected chi connectivity index (χ3v) is 6.65. The van der Waals surface area contributed by atoms with E-state index in [0.29, 0.717) is 23.2 Å². The van der Waals surface area contributed by atoms with Crippen molar-refractivity contribution in [3.63, 3.8) is 0 Å². The predicted molar refractivity (Wildman–Crippen MR) is 120 cm³/mol. The van der Waals surface area contributed by atoms with Crippen LogP contribution in [0.3, 0.4) is 0 Å². The molecule has 3 aromatic carbocycles. The Morgan fingerprint density at radius 3 is 1.85 bits per heavy atom. The Labute approximate surface area is 191 Å². The zero-order valence-corrected chi connectivity index (χ0v) is 18.4. The van der Waals surface area contributed by atoms with Crippen LogP contribution >= 0.6 is 0 Å². The van der Waals surface area contributed by atoms with Crippen molar-refractivity contribution in [2.45, 2.75) is 39.3 Å². The first-order valence-corrected chi connectivity index (χ1v) is 11.0. The van der Waals surface area contributed by atoms with Crippen molar-refractivity contribution in [3.05, 3.63) is 105 Å². The number of ether oxygens (including phenoxy) is 1. The van der Waals surface area contributed by atoms with E-state index in [1.54, 1.807) is 17.0 Å². The van der Waals surface area contributed by atoms with Gasteiger partial charge in [-0.1, -0.05) is 59.7 Å². The highest BCUT2D eigenvalue weighted by molar-refractivity contribution is 6.22. The zero-order chi connectivity index (χ0) is 22.9. The summed E-state index contributed by atoms with van der Waals surface area (Å²) >= 11 is 0. The number of hydrogen-bond acceptors (Lipinski definition) is 4. The Morgan fingerprint density at radius 2 is 1.24 bits per heavy atom. The number of hydrogen-bond donors (Lipinski definition) is 0. The first kappa shape index (κ1) is 19.9. The first-order chi connectivity index (χ1) is 15.9. The topological polar surface area (TPSA) is 70.2 Å². The van der Waals surface area contributed by atoms with Crippen molar-refractivity contribution in [3.8, 4) is 0 Å². The molecule has 1 saturated heterocycles. The summed E-state index contributed by atoms with van der Waals surface area (Å²) in [6.07, 6.45) is -0.595.